The van der Waals surface area contributed by atoms with Crippen LogP contribution in [0.25, 0.3) is 5.52 Å². The molecule has 0 spiro atoms. The zero-order valence-corrected chi connectivity index (χ0v) is 27.8. The molecule has 1 fully saturated rings. The summed E-state index contributed by atoms with van der Waals surface area (Å²) in [4.78, 5) is 16.8. The Labute approximate surface area is 268 Å². The van der Waals surface area contributed by atoms with Crippen molar-refractivity contribution in [2.45, 2.75) is 89.8 Å². The van der Waals surface area contributed by atoms with E-state index >= 15 is 0 Å². The van der Waals surface area contributed by atoms with Gasteiger partial charge in [-0.15, -0.1) is 0 Å². The average Bonchev–Trinajstić information content (AvgIpc) is 3.56. The Hall–Kier alpha value is -3.57. The van der Waals surface area contributed by atoms with E-state index in [1.54, 1.807) is 18.2 Å². The minimum Gasteiger partial charge on any atom is -0.464 e. The van der Waals surface area contributed by atoms with Crippen LogP contribution in [-0.4, -0.2) is 68.3 Å². The van der Waals surface area contributed by atoms with E-state index in [0.29, 0.717) is 5.52 Å². The van der Waals surface area contributed by atoms with Gasteiger partial charge in [0.05, 0.1) is 18.9 Å². The number of rotatable bonds is 13. The van der Waals surface area contributed by atoms with Crippen molar-refractivity contribution in [3.05, 3.63) is 54.0 Å². The monoisotopic (exact) mass is 658 g/mol. The van der Waals surface area contributed by atoms with E-state index in [-0.39, 0.29) is 35.2 Å². The molecule has 2 aromatic heterocycles. The number of aromatic nitrogens is 3. The van der Waals surface area contributed by atoms with Gasteiger partial charge >= 0.3 is 13.7 Å². The van der Waals surface area contributed by atoms with Crippen LogP contribution >= 0.6 is 7.75 Å². The first-order chi connectivity index (χ1) is 21.7. The molecule has 14 nitrogen and oxygen atoms in total. The van der Waals surface area contributed by atoms with Gasteiger partial charge in [0, 0.05) is 0 Å². The molecule has 1 saturated heterocycles. The van der Waals surface area contributed by atoms with Gasteiger partial charge in [0.2, 0.25) is 5.60 Å². The Balaban J connectivity index is 1.57. The number of ether oxygens (including phenoxy) is 2. The number of aliphatic hydroxyl groups excluding tert-OH is 2. The van der Waals surface area contributed by atoms with Gasteiger partial charge in [0.1, 0.15) is 48.0 Å². The molecule has 1 aliphatic heterocycles. The summed E-state index contributed by atoms with van der Waals surface area (Å²) in [6.45, 7) is 11.2. The quantitative estimate of drug-likeness (QED) is 0.153. The molecule has 1 aliphatic rings. The van der Waals surface area contributed by atoms with Crippen molar-refractivity contribution in [2.24, 2.45) is 5.92 Å². The maximum Gasteiger partial charge on any atom is 0.459 e. The molecule has 4 rings (SSSR count). The maximum absolute atomic E-state index is 14.2. The van der Waals surface area contributed by atoms with E-state index in [1.165, 1.54) is 23.8 Å². The SMILES string of the molecule is CCC(CC)COC(=O)[C@H](C)NP(=O)(OC[C@H]1O[C@@](C#N)(c2ccc3c(N)ncnn23)[C@H](O)[C@@H]1O)Oc1ccc(C(C)(C)C)cc1. The highest BCUT2D eigenvalue weighted by atomic mass is 31.2. The summed E-state index contributed by atoms with van der Waals surface area (Å²) in [5.74, 6) is -0.141. The fraction of sp³-hybridized carbons (Fsp3) is 0.548. The van der Waals surface area contributed by atoms with Crippen LogP contribution in [0.3, 0.4) is 0 Å². The Bertz CT molecular complexity index is 1600. The van der Waals surface area contributed by atoms with Gasteiger partial charge in [0.25, 0.3) is 0 Å². The fourth-order valence-electron chi connectivity index (χ4n) is 5.11. The lowest BCUT2D eigenvalue weighted by atomic mass is 9.87. The molecule has 250 valence electrons. The molecular formula is C31H43N6O8P. The second-order valence-electron chi connectivity index (χ2n) is 12.4. The van der Waals surface area contributed by atoms with Crippen LogP contribution in [0.5, 0.6) is 5.75 Å². The van der Waals surface area contributed by atoms with Crippen LogP contribution in [0.15, 0.2) is 42.7 Å². The number of nitrogens with one attached hydrogen (secondary N) is 1. The van der Waals surface area contributed by atoms with Gasteiger partial charge in [-0.3, -0.25) is 9.32 Å². The molecule has 0 aliphatic carbocycles. The molecule has 5 N–H and O–H groups in total. The zero-order valence-electron chi connectivity index (χ0n) is 26.9. The second-order valence-corrected chi connectivity index (χ2v) is 14.1. The summed E-state index contributed by atoms with van der Waals surface area (Å²) in [5.41, 5.74) is 5.16. The Morgan fingerprint density at radius 3 is 2.50 bits per heavy atom. The Morgan fingerprint density at radius 1 is 1.22 bits per heavy atom. The zero-order chi connectivity index (χ0) is 33.9. The molecule has 3 aromatic rings. The molecule has 1 aromatic carbocycles. The number of hydrogen-bond acceptors (Lipinski definition) is 12. The summed E-state index contributed by atoms with van der Waals surface area (Å²) in [5, 5.41) is 39.0. The van der Waals surface area contributed by atoms with E-state index < -0.39 is 50.3 Å². The highest BCUT2D eigenvalue weighted by molar-refractivity contribution is 7.52. The maximum atomic E-state index is 14.2. The molecule has 1 unspecified atom stereocenters. The highest BCUT2D eigenvalue weighted by Crippen LogP contribution is 2.47. The van der Waals surface area contributed by atoms with E-state index in [4.69, 9.17) is 24.3 Å². The molecule has 0 saturated carbocycles. The van der Waals surface area contributed by atoms with E-state index in [9.17, 15) is 24.8 Å². The lowest BCUT2D eigenvalue weighted by molar-refractivity contribution is -0.146. The van der Waals surface area contributed by atoms with Gasteiger partial charge in [-0.25, -0.2) is 14.1 Å². The predicted molar refractivity (Wildman–Crippen MR) is 169 cm³/mol. The normalized spacial score (nSPS) is 23.6. The minimum absolute atomic E-state index is 0.0958. The standard InChI is InChI=1S/C31H43N6O8P/c1-7-20(8-2)15-42-29(40)19(3)36-46(41,45-22-11-9-21(10-12-22)30(4,5)6)43-16-24-26(38)27(39)31(17-32,44-24)25-14-13-23-28(33)34-18-35-37(23)25/h9-14,18-20,24,26-27,38-39H,7-8,15-16H2,1-6H3,(H,36,41)(H2,33,34,35)/t19-,24+,26+,27+,31-,46?/m0/s1. The van der Waals surface area contributed by atoms with Crippen molar-refractivity contribution < 1.29 is 38.1 Å². The number of carbonyl (C=O) groups excluding carboxylic acids is 1. The van der Waals surface area contributed by atoms with Crippen molar-refractivity contribution in [3.63, 3.8) is 0 Å². The second kappa shape index (κ2) is 14.0. The van der Waals surface area contributed by atoms with Crippen molar-refractivity contribution in [3.8, 4) is 11.8 Å². The number of carbonyl (C=O) groups is 1. The number of aliphatic hydroxyl groups is 2. The van der Waals surface area contributed by atoms with Gasteiger partial charge in [0.15, 0.2) is 5.82 Å². The molecule has 0 amide bonds. The van der Waals surface area contributed by atoms with Crippen LogP contribution in [0, 0.1) is 17.2 Å². The Morgan fingerprint density at radius 2 is 1.89 bits per heavy atom. The number of hydrogen-bond donors (Lipinski definition) is 4. The molecule has 46 heavy (non-hydrogen) atoms. The van der Waals surface area contributed by atoms with Crippen molar-refractivity contribution >= 4 is 25.1 Å². The largest absolute Gasteiger partial charge is 0.464 e. The van der Waals surface area contributed by atoms with Crippen LogP contribution in [-0.2, 0) is 34.4 Å². The van der Waals surface area contributed by atoms with Crippen molar-refractivity contribution in [2.75, 3.05) is 18.9 Å². The van der Waals surface area contributed by atoms with Crippen LogP contribution in [0.2, 0.25) is 0 Å². The summed E-state index contributed by atoms with van der Waals surface area (Å²) in [6.07, 6.45) is -1.90. The third kappa shape index (κ3) is 7.36. The first-order valence-electron chi connectivity index (χ1n) is 15.2. The van der Waals surface area contributed by atoms with Crippen LogP contribution in [0.4, 0.5) is 5.82 Å². The van der Waals surface area contributed by atoms with Gasteiger partial charge in [-0.05, 0) is 48.1 Å². The highest BCUT2D eigenvalue weighted by Gasteiger charge is 2.58. The number of anilines is 1. The number of esters is 1. The van der Waals surface area contributed by atoms with Crippen LogP contribution < -0.4 is 15.3 Å². The predicted octanol–water partition coefficient (Wildman–Crippen LogP) is 3.61. The summed E-state index contributed by atoms with van der Waals surface area (Å²) >= 11 is 0. The fourth-order valence-corrected chi connectivity index (χ4v) is 6.61. The topological polar surface area (TPSA) is 204 Å². The first-order valence-corrected chi connectivity index (χ1v) is 16.7. The van der Waals surface area contributed by atoms with Crippen LogP contribution in [0.1, 0.15) is 65.6 Å². The number of nitrogens with two attached hydrogens (primary N) is 1. The van der Waals surface area contributed by atoms with Gasteiger partial charge in [-0.2, -0.15) is 15.4 Å². The lowest BCUT2D eigenvalue weighted by Crippen LogP contribution is -2.41. The number of nitrogen functional groups attached to an aromatic ring is 1. The molecular weight excluding hydrogens is 615 g/mol. The summed E-state index contributed by atoms with van der Waals surface area (Å²) in [6, 6.07) is 10.8. The molecule has 0 radical (unpaired) electrons. The average molecular weight is 659 g/mol. The summed E-state index contributed by atoms with van der Waals surface area (Å²) in [7, 11) is -4.37. The van der Waals surface area contributed by atoms with Crippen molar-refractivity contribution in [1.29, 1.82) is 5.26 Å². The third-order valence-corrected chi connectivity index (χ3v) is 9.81. The molecule has 0 bridgehead atoms. The lowest BCUT2D eigenvalue weighted by Gasteiger charge is -2.26. The number of benzene rings is 1. The number of nitrogens with zero attached hydrogens (tertiary/aromatic N) is 4. The molecule has 6 atom stereocenters. The third-order valence-electron chi connectivity index (χ3n) is 8.16. The van der Waals surface area contributed by atoms with Gasteiger partial charge in [-0.1, -0.05) is 59.6 Å². The first kappa shape index (κ1) is 35.3. The van der Waals surface area contributed by atoms with E-state index in [1.807, 2.05) is 32.0 Å². The Kier molecular flexibility index (Phi) is 10.8. The van der Waals surface area contributed by atoms with Gasteiger partial charge < -0.3 is 29.9 Å². The van der Waals surface area contributed by atoms with Crippen molar-refractivity contribution in [1.82, 2.24) is 19.7 Å². The van der Waals surface area contributed by atoms with E-state index in [2.05, 4.69) is 35.9 Å². The number of fused-ring (bicyclic) bond motifs is 1. The summed E-state index contributed by atoms with van der Waals surface area (Å²) < 4.78 is 38.4. The smallest absolute Gasteiger partial charge is 0.459 e. The minimum atomic E-state index is -4.37. The van der Waals surface area contributed by atoms with E-state index in [0.717, 1.165) is 18.4 Å². The molecule has 15 heteroatoms. The molecule has 3 heterocycles. The number of nitriles is 1.